The van der Waals surface area contributed by atoms with Crippen molar-refractivity contribution >= 4 is 34.9 Å². The van der Waals surface area contributed by atoms with Crippen LogP contribution < -0.4 is 16.2 Å². The lowest BCUT2D eigenvalue weighted by Crippen LogP contribution is -2.49. The molecule has 12 nitrogen and oxygen atoms in total. The first-order valence-electron chi connectivity index (χ1n) is 10.8. The minimum absolute atomic E-state index is 0.00980. The van der Waals surface area contributed by atoms with Crippen LogP contribution in [-0.4, -0.2) is 80.9 Å². The lowest BCUT2D eigenvalue weighted by Gasteiger charge is -2.23. The molecule has 0 radical (unpaired) electrons. The first-order chi connectivity index (χ1) is 15.6. The number of aromatic nitrogens is 2. The number of likely N-dealkylation sites (tertiary alicyclic amines) is 1. The van der Waals surface area contributed by atoms with E-state index >= 15 is 0 Å². The molecule has 0 saturated carbocycles. The Labute approximate surface area is 191 Å². The molecule has 2 atom stereocenters. The monoisotopic (exact) mass is 461 g/mol. The summed E-state index contributed by atoms with van der Waals surface area (Å²) in [5.74, 6) is -2.31. The van der Waals surface area contributed by atoms with Gasteiger partial charge in [0, 0.05) is 12.4 Å². The number of carbonyl (C=O) groups excluding carboxylic acids is 2. The predicted molar refractivity (Wildman–Crippen MR) is 122 cm³/mol. The normalized spacial score (nSPS) is 15.5. The van der Waals surface area contributed by atoms with Gasteiger partial charge in [-0.05, 0) is 39.3 Å². The van der Waals surface area contributed by atoms with E-state index in [1.165, 1.54) is 19.3 Å². The van der Waals surface area contributed by atoms with Gasteiger partial charge in [-0.2, -0.15) is 0 Å². The van der Waals surface area contributed by atoms with Gasteiger partial charge >= 0.3 is 5.97 Å². The van der Waals surface area contributed by atoms with Crippen LogP contribution in [0.25, 0.3) is 0 Å². The molecule has 33 heavy (non-hydrogen) atoms. The quantitative estimate of drug-likeness (QED) is 0.260. The number of carboxylic acids is 1. The molecule has 12 heteroatoms. The Balaban J connectivity index is 2.17. The number of ketones is 1. The van der Waals surface area contributed by atoms with Crippen LogP contribution in [0.3, 0.4) is 0 Å². The fraction of sp³-hybridized carbons (Fsp3) is 0.571. The van der Waals surface area contributed by atoms with E-state index in [9.17, 15) is 24.3 Å². The third-order valence-electron chi connectivity index (χ3n) is 5.44. The number of rotatable bonds is 13. The number of aliphatic carboxylic acids is 1. The van der Waals surface area contributed by atoms with Crippen molar-refractivity contribution in [3.05, 3.63) is 22.7 Å². The topological polar surface area (TPSA) is 181 Å². The standard InChI is InChI=1S/C21H31N7O5/c1-3-16(28-9-6-24-19(21(28)33)25-11-14(23)13(2)22)20(32)26-15(10-18(30)31)17(29)12-27-7-4-5-8-27/h6,9,15-16,22-23H,3-5,7-8,10-12H2,1-2H3,(H,24,25)(H,26,32)(H,30,31)/t15?,16-/m0/s1. The molecular formula is C21H31N7O5. The second-order valence-electron chi connectivity index (χ2n) is 7.98. The summed E-state index contributed by atoms with van der Waals surface area (Å²) in [4.78, 5) is 55.7. The van der Waals surface area contributed by atoms with Gasteiger partial charge in [0.15, 0.2) is 11.6 Å². The SMILES string of the molecule is CC[C@@H](C(=O)NC(CC(=O)O)C(=O)CN1CCCC1)n1ccnc(NCC(=N)C(C)=N)c1=O. The Hall–Kier alpha value is -3.41. The number of amides is 1. The highest BCUT2D eigenvalue weighted by molar-refractivity contribution is 6.40. The van der Waals surface area contributed by atoms with Crippen molar-refractivity contribution < 1.29 is 19.5 Å². The van der Waals surface area contributed by atoms with E-state index in [0.29, 0.717) is 0 Å². The number of hydrogen-bond donors (Lipinski definition) is 5. The number of carboxylic acid groups (broad SMARTS) is 1. The summed E-state index contributed by atoms with van der Waals surface area (Å²) in [5.41, 5.74) is -0.565. The van der Waals surface area contributed by atoms with Crippen LogP contribution in [0.4, 0.5) is 5.82 Å². The van der Waals surface area contributed by atoms with Gasteiger partial charge in [0.25, 0.3) is 5.56 Å². The number of hydrogen-bond acceptors (Lipinski definition) is 9. The van der Waals surface area contributed by atoms with Gasteiger partial charge in [-0.25, -0.2) is 4.98 Å². The van der Waals surface area contributed by atoms with E-state index in [1.54, 1.807) is 6.92 Å². The van der Waals surface area contributed by atoms with E-state index in [2.05, 4.69) is 15.6 Å². The highest BCUT2D eigenvalue weighted by atomic mass is 16.4. The number of nitrogens with one attached hydrogen (secondary N) is 4. The third kappa shape index (κ3) is 7.31. The molecule has 5 N–H and O–H groups in total. The Morgan fingerprint density at radius 1 is 1.24 bits per heavy atom. The van der Waals surface area contributed by atoms with Crippen LogP contribution >= 0.6 is 0 Å². The summed E-state index contributed by atoms with van der Waals surface area (Å²) < 4.78 is 1.16. The van der Waals surface area contributed by atoms with Crippen LogP contribution in [0.5, 0.6) is 0 Å². The van der Waals surface area contributed by atoms with Gasteiger partial charge in [0.1, 0.15) is 6.04 Å². The van der Waals surface area contributed by atoms with Crippen LogP contribution in [0.2, 0.25) is 0 Å². The van der Waals surface area contributed by atoms with Crippen LogP contribution in [-0.2, 0) is 14.4 Å². The van der Waals surface area contributed by atoms with E-state index in [0.717, 1.165) is 30.5 Å². The molecule has 1 fully saturated rings. The third-order valence-corrected chi connectivity index (χ3v) is 5.44. The van der Waals surface area contributed by atoms with Crippen molar-refractivity contribution in [1.29, 1.82) is 10.8 Å². The van der Waals surface area contributed by atoms with Gasteiger partial charge in [-0.1, -0.05) is 6.92 Å². The summed E-state index contributed by atoms with van der Waals surface area (Å²) >= 11 is 0. The largest absolute Gasteiger partial charge is 0.481 e. The maximum absolute atomic E-state index is 13.0. The molecule has 0 spiro atoms. The molecule has 0 aromatic carbocycles. The zero-order valence-electron chi connectivity index (χ0n) is 18.9. The highest BCUT2D eigenvalue weighted by Crippen LogP contribution is 2.12. The fourth-order valence-electron chi connectivity index (χ4n) is 3.56. The van der Waals surface area contributed by atoms with Crippen LogP contribution in [0, 0.1) is 10.8 Å². The molecule has 2 heterocycles. The lowest BCUT2D eigenvalue weighted by molar-refractivity contribution is -0.140. The predicted octanol–water partition coefficient (Wildman–Crippen LogP) is 0.290. The summed E-state index contributed by atoms with van der Waals surface area (Å²) in [6.45, 7) is 4.66. The van der Waals surface area contributed by atoms with Gasteiger partial charge < -0.3 is 26.6 Å². The molecular weight excluding hydrogens is 430 g/mol. The summed E-state index contributed by atoms with van der Waals surface area (Å²) in [7, 11) is 0. The van der Waals surface area contributed by atoms with Crippen molar-refractivity contribution in [3.8, 4) is 0 Å². The number of Topliss-reactive ketones (excluding diaryl/α,β-unsaturated/α-hetero) is 1. The number of anilines is 1. The first kappa shape index (κ1) is 25.8. The first-order valence-corrected chi connectivity index (χ1v) is 10.8. The molecule has 2 rings (SSSR count). The zero-order chi connectivity index (χ0) is 24.5. The van der Waals surface area contributed by atoms with E-state index in [1.807, 2.05) is 4.90 Å². The van der Waals surface area contributed by atoms with Gasteiger partial charge in [0.2, 0.25) is 5.91 Å². The summed E-state index contributed by atoms with van der Waals surface area (Å²) in [6, 6.07) is -2.18. The maximum atomic E-state index is 13.0. The van der Waals surface area contributed by atoms with Crippen molar-refractivity contribution in [3.63, 3.8) is 0 Å². The lowest BCUT2D eigenvalue weighted by atomic mass is 10.1. The number of nitrogens with zero attached hydrogens (tertiary/aromatic N) is 3. The molecule has 0 bridgehead atoms. The minimum atomic E-state index is -1.21. The van der Waals surface area contributed by atoms with E-state index in [-0.39, 0.29) is 42.5 Å². The molecule has 1 saturated heterocycles. The second kappa shape index (κ2) is 12.0. The summed E-state index contributed by atoms with van der Waals surface area (Å²) in [5, 5.41) is 29.6. The molecule has 180 valence electrons. The second-order valence-corrected chi connectivity index (χ2v) is 7.98. The molecule has 1 unspecified atom stereocenters. The average Bonchev–Trinajstić information content (AvgIpc) is 3.26. The van der Waals surface area contributed by atoms with Crippen molar-refractivity contribution in [2.24, 2.45) is 0 Å². The van der Waals surface area contributed by atoms with Crippen molar-refractivity contribution in [1.82, 2.24) is 19.8 Å². The number of carbonyl (C=O) groups is 3. The highest BCUT2D eigenvalue weighted by Gasteiger charge is 2.29. The zero-order valence-corrected chi connectivity index (χ0v) is 18.9. The molecule has 1 aliphatic heterocycles. The van der Waals surface area contributed by atoms with E-state index in [4.69, 9.17) is 10.8 Å². The smallest absolute Gasteiger partial charge is 0.305 e. The van der Waals surface area contributed by atoms with Gasteiger partial charge in [-0.3, -0.25) is 28.6 Å². The van der Waals surface area contributed by atoms with Crippen LogP contribution in [0.15, 0.2) is 17.2 Å². The molecule has 1 amide bonds. The maximum Gasteiger partial charge on any atom is 0.305 e. The Morgan fingerprint density at radius 3 is 2.48 bits per heavy atom. The average molecular weight is 462 g/mol. The van der Waals surface area contributed by atoms with Crippen molar-refractivity contribution in [2.45, 2.75) is 51.6 Å². The summed E-state index contributed by atoms with van der Waals surface area (Å²) in [6.07, 6.45) is 4.28. The Kier molecular flexibility index (Phi) is 9.40. The van der Waals surface area contributed by atoms with Gasteiger partial charge in [0.05, 0.1) is 37.0 Å². The van der Waals surface area contributed by atoms with Crippen LogP contribution in [0.1, 0.15) is 45.6 Å². The minimum Gasteiger partial charge on any atom is -0.481 e. The van der Waals surface area contributed by atoms with E-state index < -0.39 is 35.9 Å². The fourth-order valence-corrected chi connectivity index (χ4v) is 3.56. The Morgan fingerprint density at radius 2 is 1.91 bits per heavy atom. The van der Waals surface area contributed by atoms with Gasteiger partial charge in [-0.15, -0.1) is 0 Å². The molecule has 1 aromatic rings. The van der Waals surface area contributed by atoms with Crippen molar-refractivity contribution in [2.75, 3.05) is 31.5 Å². The molecule has 1 aliphatic rings. The molecule has 1 aromatic heterocycles. The molecule has 0 aliphatic carbocycles. The Bertz CT molecular complexity index is 968.